The van der Waals surface area contributed by atoms with Gasteiger partial charge < -0.3 is 18.8 Å². The lowest BCUT2D eigenvalue weighted by Gasteiger charge is -2.43. The van der Waals surface area contributed by atoms with Gasteiger partial charge in [-0.05, 0) is 32.3 Å². The summed E-state index contributed by atoms with van der Waals surface area (Å²) in [7, 11) is 0. The van der Waals surface area contributed by atoms with Crippen LogP contribution in [0.5, 0.6) is 0 Å². The van der Waals surface area contributed by atoms with Crippen LogP contribution in [0.25, 0.3) is 0 Å². The molecule has 25 heavy (non-hydrogen) atoms. The van der Waals surface area contributed by atoms with Crippen molar-refractivity contribution in [1.82, 2.24) is 4.90 Å². The van der Waals surface area contributed by atoms with E-state index in [1.807, 2.05) is 0 Å². The van der Waals surface area contributed by atoms with Gasteiger partial charge in [-0.3, -0.25) is 4.79 Å². The molecule has 3 rings (SSSR count). The average molecular weight is 349 g/mol. The minimum Gasteiger partial charge on any atom is -0.452 e. The Bertz CT molecular complexity index is 697. The molecule has 1 saturated carbocycles. The molecular weight excluding hydrogens is 326 g/mol. The molecule has 136 valence electrons. The van der Waals surface area contributed by atoms with Gasteiger partial charge in [-0.15, -0.1) is 0 Å². The number of esters is 1. The lowest BCUT2D eigenvalue weighted by Crippen LogP contribution is -2.55. The summed E-state index contributed by atoms with van der Waals surface area (Å²) in [4.78, 5) is 37.9. The van der Waals surface area contributed by atoms with Crippen molar-refractivity contribution in [3.63, 3.8) is 0 Å². The van der Waals surface area contributed by atoms with Gasteiger partial charge in [0, 0.05) is 12.6 Å². The van der Waals surface area contributed by atoms with E-state index in [-0.39, 0.29) is 36.0 Å². The Labute approximate surface area is 145 Å². The smallest absolute Gasteiger partial charge is 0.342 e. The third kappa shape index (κ3) is 3.76. The molecule has 2 atom stereocenters. The standard InChI is InChI=1S/C18H23NO6/c1-11-9-16(21)25-12(2)17(11)18(22)24-10-15(20)19-7-8-23-14-6-4-3-5-13(14)19/h9,13-14H,3-8,10H2,1-2H3/t13-,14+/m0/s1. The van der Waals surface area contributed by atoms with E-state index in [1.54, 1.807) is 11.8 Å². The van der Waals surface area contributed by atoms with Crippen LogP contribution in [0.1, 0.15) is 47.4 Å². The van der Waals surface area contributed by atoms with E-state index < -0.39 is 11.6 Å². The van der Waals surface area contributed by atoms with Crippen molar-refractivity contribution >= 4 is 11.9 Å². The molecular formula is C18H23NO6. The summed E-state index contributed by atoms with van der Waals surface area (Å²) in [6.45, 7) is 3.89. The molecule has 0 radical (unpaired) electrons. The van der Waals surface area contributed by atoms with Crippen LogP contribution >= 0.6 is 0 Å². The molecule has 7 heteroatoms. The Morgan fingerprint density at radius 2 is 2.04 bits per heavy atom. The number of fused-ring (bicyclic) bond motifs is 1. The number of carbonyl (C=O) groups excluding carboxylic acids is 2. The van der Waals surface area contributed by atoms with Crippen molar-refractivity contribution in [2.24, 2.45) is 0 Å². The number of hydrogen-bond donors (Lipinski definition) is 0. The molecule has 2 heterocycles. The SMILES string of the molecule is Cc1cc(=O)oc(C)c1C(=O)OCC(=O)N1CCO[C@@H]2CCCC[C@@H]21. The van der Waals surface area contributed by atoms with Crippen molar-refractivity contribution < 1.29 is 23.5 Å². The summed E-state index contributed by atoms with van der Waals surface area (Å²) in [6.07, 6.45) is 4.18. The largest absolute Gasteiger partial charge is 0.452 e. The molecule has 0 aromatic carbocycles. The average Bonchev–Trinajstić information content (AvgIpc) is 2.58. The Morgan fingerprint density at radius 1 is 1.28 bits per heavy atom. The van der Waals surface area contributed by atoms with Crippen molar-refractivity contribution in [1.29, 1.82) is 0 Å². The van der Waals surface area contributed by atoms with Gasteiger partial charge in [0.15, 0.2) is 6.61 Å². The van der Waals surface area contributed by atoms with Crippen LogP contribution < -0.4 is 5.63 Å². The Hall–Kier alpha value is -2.15. The van der Waals surface area contributed by atoms with Crippen molar-refractivity contribution in [2.75, 3.05) is 19.8 Å². The highest BCUT2D eigenvalue weighted by Crippen LogP contribution is 2.28. The van der Waals surface area contributed by atoms with Crippen LogP contribution in [-0.2, 0) is 14.3 Å². The zero-order chi connectivity index (χ0) is 18.0. The summed E-state index contributed by atoms with van der Waals surface area (Å²) in [5, 5.41) is 0. The van der Waals surface area contributed by atoms with Crippen LogP contribution in [0, 0.1) is 13.8 Å². The van der Waals surface area contributed by atoms with Crippen LogP contribution in [0.4, 0.5) is 0 Å². The van der Waals surface area contributed by atoms with Gasteiger partial charge in [-0.25, -0.2) is 9.59 Å². The number of rotatable bonds is 3. The van der Waals surface area contributed by atoms with E-state index in [2.05, 4.69) is 0 Å². The quantitative estimate of drug-likeness (QED) is 0.770. The molecule has 1 aliphatic carbocycles. The third-order valence-corrected chi connectivity index (χ3v) is 4.92. The molecule has 0 N–H and O–H groups in total. The minimum absolute atomic E-state index is 0.0759. The second kappa shape index (κ2) is 7.39. The lowest BCUT2D eigenvalue weighted by atomic mass is 9.90. The third-order valence-electron chi connectivity index (χ3n) is 4.92. The first-order valence-electron chi connectivity index (χ1n) is 8.67. The normalized spacial score (nSPS) is 23.0. The van der Waals surface area contributed by atoms with Crippen LogP contribution in [-0.4, -0.2) is 48.7 Å². The lowest BCUT2D eigenvalue weighted by molar-refractivity contribution is -0.152. The molecule has 2 fully saturated rings. The molecule has 7 nitrogen and oxygen atoms in total. The van der Waals surface area contributed by atoms with E-state index in [9.17, 15) is 14.4 Å². The van der Waals surface area contributed by atoms with E-state index in [4.69, 9.17) is 13.9 Å². The molecule has 0 spiro atoms. The van der Waals surface area contributed by atoms with E-state index in [0.717, 1.165) is 25.7 Å². The van der Waals surface area contributed by atoms with E-state index in [0.29, 0.717) is 18.7 Å². The fraction of sp³-hybridized carbons (Fsp3) is 0.611. The van der Waals surface area contributed by atoms with Gasteiger partial charge in [0.1, 0.15) is 11.3 Å². The molecule has 1 saturated heterocycles. The monoisotopic (exact) mass is 349 g/mol. The Kier molecular flexibility index (Phi) is 5.22. The number of carbonyl (C=O) groups is 2. The first-order valence-corrected chi connectivity index (χ1v) is 8.67. The molecule has 1 aliphatic heterocycles. The maximum atomic E-state index is 12.5. The highest BCUT2D eigenvalue weighted by Gasteiger charge is 2.36. The van der Waals surface area contributed by atoms with Crippen LogP contribution in [0.2, 0.25) is 0 Å². The minimum atomic E-state index is -0.652. The number of amides is 1. The fourth-order valence-electron chi connectivity index (χ4n) is 3.75. The van der Waals surface area contributed by atoms with Crippen molar-refractivity contribution in [3.8, 4) is 0 Å². The first-order chi connectivity index (χ1) is 12.0. The molecule has 1 amide bonds. The summed E-state index contributed by atoms with van der Waals surface area (Å²) >= 11 is 0. The van der Waals surface area contributed by atoms with Crippen LogP contribution in [0.15, 0.2) is 15.3 Å². The maximum absolute atomic E-state index is 12.5. The highest BCUT2D eigenvalue weighted by atomic mass is 16.5. The maximum Gasteiger partial charge on any atom is 0.342 e. The molecule has 1 aromatic rings. The number of hydrogen-bond acceptors (Lipinski definition) is 6. The Balaban J connectivity index is 1.64. The molecule has 0 unspecified atom stereocenters. The summed E-state index contributed by atoms with van der Waals surface area (Å²) < 4.78 is 15.9. The second-order valence-corrected chi connectivity index (χ2v) is 6.60. The summed E-state index contributed by atoms with van der Waals surface area (Å²) in [6, 6.07) is 1.31. The van der Waals surface area contributed by atoms with Gasteiger partial charge in [-0.1, -0.05) is 12.8 Å². The van der Waals surface area contributed by atoms with Crippen molar-refractivity contribution in [2.45, 2.75) is 51.7 Å². The van der Waals surface area contributed by atoms with Crippen LogP contribution in [0.3, 0.4) is 0 Å². The summed E-state index contributed by atoms with van der Waals surface area (Å²) in [5.74, 6) is -0.664. The highest BCUT2D eigenvalue weighted by molar-refractivity contribution is 5.93. The van der Waals surface area contributed by atoms with E-state index >= 15 is 0 Å². The summed E-state index contributed by atoms with van der Waals surface area (Å²) in [5.41, 5.74) is 0.161. The fourth-order valence-corrected chi connectivity index (χ4v) is 3.75. The number of ether oxygens (including phenoxy) is 2. The zero-order valence-corrected chi connectivity index (χ0v) is 14.6. The number of nitrogens with zero attached hydrogens (tertiary/aromatic N) is 1. The number of morpholine rings is 1. The van der Waals surface area contributed by atoms with Gasteiger partial charge in [0.25, 0.3) is 5.91 Å². The topological polar surface area (TPSA) is 86.1 Å². The predicted molar refractivity (Wildman–Crippen MR) is 88.4 cm³/mol. The number of aryl methyl sites for hydroxylation is 2. The van der Waals surface area contributed by atoms with Gasteiger partial charge in [0.05, 0.1) is 18.8 Å². The van der Waals surface area contributed by atoms with E-state index in [1.165, 1.54) is 13.0 Å². The molecule has 0 bridgehead atoms. The first kappa shape index (κ1) is 17.7. The molecule has 1 aromatic heterocycles. The van der Waals surface area contributed by atoms with Gasteiger partial charge in [0.2, 0.25) is 0 Å². The molecule has 2 aliphatic rings. The van der Waals surface area contributed by atoms with Gasteiger partial charge >= 0.3 is 11.6 Å². The zero-order valence-electron chi connectivity index (χ0n) is 14.6. The predicted octanol–water partition coefficient (Wildman–Crippen LogP) is 1.58. The van der Waals surface area contributed by atoms with Gasteiger partial charge in [-0.2, -0.15) is 0 Å². The Morgan fingerprint density at radius 3 is 2.80 bits per heavy atom. The second-order valence-electron chi connectivity index (χ2n) is 6.60. The van der Waals surface area contributed by atoms with Crippen molar-refractivity contribution in [3.05, 3.63) is 33.4 Å².